The van der Waals surface area contributed by atoms with Gasteiger partial charge in [0.25, 0.3) is 0 Å². The molecule has 0 radical (unpaired) electrons. The second-order valence-electron chi connectivity index (χ2n) is 11.0. The van der Waals surface area contributed by atoms with E-state index in [0.29, 0.717) is 29.7 Å². The van der Waals surface area contributed by atoms with Crippen LogP contribution in [-0.2, 0) is 14.3 Å². The predicted octanol–water partition coefficient (Wildman–Crippen LogP) is 5.85. The zero-order valence-corrected chi connectivity index (χ0v) is 20.6. The maximum Gasteiger partial charge on any atom is 0.331 e. The Morgan fingerprint density at radius 3 is 2.66 bits per heavy atom. The molecule has 0 aliphatic heterocycles. The van der Waals surface area contributed by atoms with Crippen molar-refractivity contribution < 1.29 is 29.6 Å². The summed E-state index contributed by atoms with van der Waals surface area (Å²) in [6, 6.07) is 4.35. The van der Waals surface area contributed by atoms with Gasteiger partial charge in [-0.1, -0.05) is 31.2 Å². The number of phenolic OH excluding ortho intramolecular Hbond substituents is 2. The number of hydrogen-bond donors (Lipinski definition) is 3. The van der Waals surface area contributed by atoms with Crippen LogP contribution in [0.15, 0.2) is 48.1 Å². The lowest BCUT2D eigenvalue weighted by Gasteiger charge is -2.58. The standard InChI is InChI=1S/C29H36O6/c1-18(2)22-10-13-29-15-20(6-8-25(29)28(22,3)12-11-26(32)33)21(16-29)17-35-27(34)9-5-19-4-7-23(30)24(31)14-19/h4-5,7,9,14,16,20,22,25,30-31H,1,6,8,10-13,15,17H2,2-3H3,(H,32,33)/b9-5+/t20-,22-,25+,28-,29+/m1/s1. The summed E-state index contributed by atoms with van der Waals surface area (Å²) < 4.78 is 5.58. The maximum absolute atomic E-state index is 12.4. The molecule has 0 heterocycles. The third-order valence-corrected chi connectivity index (χ3v) is 8.88. The smallest absolute Gasteiger partial charge is 0.331 e. The van der Waals surface area contributed by atoms with Gasteiger partial charge < -0.3 is 20.1 Å². The molecule has 3 aliphatic carbocycles. The van der Waals surface area contributed by atoms with Gasteiger partial charge >= 0.3 is 11.9 Å². The summed E-state index contributed by atoms with van der Waals surface area (Å²) in [5.41, 5.74) is 2.87. The van der Waals surface area contributed by atoms with Crippen molar-refractivity contribution in [1.29, 1.82) is 0 Å². The number of ether oxygens (including phenoxy) is 1. The highest BCUT2D eigenvalue weighted by Gasteiger charge is 2.58. The van der Waals surface area contributed by atoms with Crippen LogP contribution in [0.2, 0.25) is 0 Å². The molecule has 3 N–H and O–H groups in total. The topological polar surface area (TPSA) is 104 Å². The van der Waals surface area contributed by atoms with Gasteiger partial charge in [-0.2, -0.15) is 0 Å². The largest absolute Gasteiger partial charge is 0.504 e. The summed E-state index contributed by atoms with van der Waals surface area (Å²) in [5, 5.41) is 28.4. The number of aromatic hydroxyl groups is 2. The summed E-state index contributed by atoms with van der Waals surface area (Å²) in [6.45, 7) is 8.88. The molecule has 188 valence electrons. The van der Waals surface area contributed by atoms with Crippen LogP contribution >= 0.6 is 0 Å². The Bertz CT molecular complexity index is 1080. The van der Waals surface area contributed by atoms with Crippen molar-refractivity contribution >= 4 is 18.0 Å². The lowest BCUT2D eigenvalue weighted by molar-refractivity contribution is -0.139. The van der Waals surface area contributed by atoms with Crippen molar-refractivity contribution in [2.75, 3.05) is 6.61 Å². The molecule has 35 heavy (non-hydrogen) atoms. The summed E-state index contributed by atoms with van der Waals surface area (Å²) in [6.07, 6.45) is 11.3. The minimum atomic E-state index is -0.745. The monoisotopic (exact) mass is 480 g/mol. The molecule has 2 bridgehead atoms. The first kappa shape index (κ1) is 25.1. The molecule has 1 aromatic carbocycles. The van der Waals surface area contributed by atoms with Gasteiger partial charge in [0.05, 0.1) is 0 Å². The molecule has 1 aromatic rings. The van der Waals surface area contributed by atoms with E-state index in [1.807, 2.05) is 0 Å². The molecule has 1 spiro atoms. The molecular weight excluding hydrogens is 444 g/mol. The number of rotatable bonds is 8. The van der Waals surface area contributed by atoms with E-state index in [-0.39, 0.29) is 35.4 Å². The molecule has 5 atom stereocenters. The van der Waals surface area contributed by atoms with Crippen molar-refractivity contribution in [3.8, 4) is 11.5 Å². The normalized spacial score (nSPS) is 31.6. The zero-order valence-electron chi connectivity index (χ0n) is 20.6. The van der Waals surface area contributed by atoms with Gasteiger partial charge in [-0.25, -0.2) is 4.79 Å². The number of fused-ring (bicyclic) bond motifs is 1. The number of carboxylic acid groups (broad SMARTS) is 1. The molecule has 0 unspecified atom stereocenters. The second-order valence-corrected chi connectivity index (χ2v) is 11.0. The Hall–Kier alpha value is -3.02. The van der Waals surface area contributed by atoms with Gasteiger partial charge in [0, 0.05) is 12.5 Å². The Balaban J connectivity index is 1.47. The van der Waals surface area contributed by atoms with Crippen LogP contribution in [0.5, 0.6) is 11.5 Å². The summed E-state index contributed by atoms with van der Waals surface area (Å²) in [5.74, 6) is -0.517. The molecule has 4 rings (SSSR count). The van der Waals surface area contributed by atoms with E-state index in [1.165, 1.54) is 23.8 Å². The van der Waals surface area contributed by atoms with Crippen LogP contribution in [-0.4, -0.2) is 33.9 Å². The Morgan fingerprint density at radius 1 is 1.20 bits per heavy atom. The van der Waals surface area contributed by atoms with Crippen molar-refractivity contribution in [3.05, 3.63) is 53.6 Å². The quantitative estimate of drug-likeness (QED) is 0.186. The average Bonchev–Trinajstić information content (AvgIpc) is 3.06. The highest BCUT2D eigenvalue weighted by molar-refractivity contribution is 5.87. The Labute approximate surface area is 207 Å². The molecule has 2 saturated carbocycles. The number of carboxylic acids is 1. The fraction of sp³-hybridized carbons (Fsp3) is 0.517. The van der Waals surface area contributed by atoms with Crippen molar-refractivity contribution in [2.24, 2.45) is 28.6 Å². The van der Waals surface area contributed by atoms with Gasteiger partial charge in [0.2, 0.25) is 0 Å². The minimum absolute atomic E-state index is 0.0449. The molecule has 3 aliphatic rings. The third kappa shape index (κ3) is 4.89. The fourth-order valence-electron chi connectivity index (χ4n) is 7.35. The van der Waals surface area contributed by atoms with Crippen LogP contribution in [0.1, 0.15) is 64.4 Å². The van der Waals surface area contributed by atoms with Gasteiger partial charge in [-0.3, -0.25) is 4.79 Å². The van der Waals surface area contributed by atoms with Gasteiger partial charge in [-0.15, -0.1) is 0 Å². The number of carbonyl (C=O) groups excluding carboxylic acids is 1. The molecule has 0 aromatic heterocycles. The fourth-order valence-corrected chi connectivity index (χ4v) is 7.35. The summed E-state index contributed by atoms with van der Waals surface area (Å²) in [4.78, 5) is 23.8. The number of phenols is 2. The molecule has 6 heteroatoms. The van der Waals surface area contributed by atoms with Crippen LogP contribution in [0, 0.1) is 28.6 Å². The molecular formula is C29H36O6. The minimum Gasteiger partial charge on any atom is -0.504 e. The van der Waals surface area contributed by atoms with Gasteiger partial charge in [0.1, 0.15) is 6.61 Å². The highest BCUT2D eigenvalue weighted by atomic mass is 16.5. The predicted molar refractivity (Wildman–Crippen MR) is 134 cm³/mol. The van der Waals surface area contributed by atoms with E-state index >= 15 is 0 Å². The van der Waals surface area contributed by atoms with Gasteiger partial charge in [-0.05, 0) is 103 Å². The Morgan fingerprint density at radius 2 is 1.97 bits per heavy atom. The lowest BCUT2D eigenvalue weighted by Crippen LogP contribution is -2.50. The molecule has 0 saturated heterocycles. The SMILES string of the molecule is C=C(C)[C@H]1CC[C@]23C=C(COC(=O)/C=C/c4ccc(O)c(O)c4)[C@H](CC[C@H]2[C@]1(C)CCC(=O)O)C3. The number of esters is 1. The Kier molecular flexibility index (Phi) is 6.85. The summed E-state index contributed by atoms with van der Waals surface area (Å²) in [7, 11) is 0. The van der Waals surface area contributed by atoms with E-state index in [2.05, 4.69) is 26.5 Å². The van der Waals surface area contributed by atoms with Crippen LogP contribution in [0.4, 0.5) is 0 Å². The zero-order chi connectivity index (χ0) is 25.4. The van der Waals surface area contributed by atoms with Crippen LogP contribution < -0.4 is 0 Å². The van der Waals surface area contributed by atoms with Crippen molar-refractivity contribution in [1.82, 2.24) is 0 Å². The second kappa shape index (κ2) is 9.56. The first-order valence-electron chi connectivity index (χ1n) is 12.5. The molecule has 6 nitrogen and oxygen atoms in total. The van der Waals surface area contributed by atoms with Gasteiger partial charge in [0.15, 0.2) is 11.5 Å². The molecule has 0 amide bonds. The number of aliphatic carboxylic acids is 1. The number of allylic oxidation sites excluding steroid dienone is 2. The van der Waals surface area contributed by atoms with E-state index in [4.69, 9.17) is 4.74 Å². The van der Waals surface area contributed by atoms with Crippen molar-refractivity contribution in [2.45, 2.75) is 58.8 Å². The van der Waals surface area contributed by atoms with Crippen LogP contribution in [0.3, 0.4) is 0 Å². The number of hydrogen-bond acceptors (Lipinski definition) is 5. The van der Waals surface area contributed by atoms with Crippen LogP contribution in [0.25, 0.3) is 6.08 Å². The first-order chi connectivity index (χ1) is 16.5. The van der Waals surface area contributed by atoms with E-state index in [0.717, 1.165) is 37.7 Å². The average molecular weight is 481 g/mol. The van der Waals surface area contributed by atoms with E-state index in [1.54, 1.807) is 12.1 Å². The molecule has 2 fully saturated rings. The lowest BCUT2D eigenvalue weighted by atomic mass is 9.46. The number of benzene rings is 1. The third-order valence-electron chi connectivity index (χ3n) is 8.88. The highest BCUT2D eigenvalue weighted by Crippen LogP contribution is 2.67. The first-order valence-corrected chi connectivity index (χ1v) is 12.5. The van der Waals surface area contributed by atoms with E-state index in [9.17, 15) is 24.9 Å². The van der Waals surface area contributed by atoms with Crippen molar-refractivity contribution in [3.63, 3.8) is 0 Å². The number of carbonyl (C=O) groups is 2. The maximum atomic E-state index is 12.4. The van der Waals surface area contributed by atoms with E-state index < -0.39 is 11.9 Å². The summed E-state index contributed by atoms with van der Waals surface area (Å²) >= 11 is 0.